The lowest BCUT2D eigenvalue weighted by Crippen LogP contribution is -2.36. The van der Waals surface area contributed by atoms with Crippen molar-refractivity contribution in [1.29, 1.82) is 0 Å². The smallest absolute Gasteiger partial charge is 0.326 e. The Bertz CT molecular complexity index is 616. The predicted octanol–water partition coefficient (Wildman–Crippen LogP) is 2.20. The summed E-state index contributed by atoms with van der Waals surface area (Å²) < 4.78 is 0. The Morgan fingerprint density at radius 3 is 2.80 bits per heavy atom. The fourth-order valence-electron chi connectivity index (χ4n) is 2.54. The number of carboxylic acids is 1. The van der Waals surface area contributed by atoms with E-state index in [9.17, 15) is 9.90 Å². The molecule has 1 N–H and O–H groups in total. The molecule has 1 atom stereocenters. The van der Waals surface area contributed by atoms with Gasteiger partial charge in [-0.3, -0.25) is 4.98 Å². The molecule has 1 saturated heterocycles. The number of hydrogen-bond donors (Lipinski definition) is 1. The van der Waals surface area contributed by atoms with Crippen molar-refractivity contribution in [2.24, 2.45) is 0 Å². The van der Waals surface area contributed by atoms with Crippen LogP contribution in [-0.2, 0) is 4.79 Å². The Kier molecular flexibility index (Phi) is 3.33. The number of benzene rings is 1. The molecule has 0 spiro atoms. The maximum Gasteiger partial charge on any atom is 0.326 e. The fraction of sp³-hybridized carbons (Fsp3) is 0.267. The summed E-state index contributed by atoms with van der Waals surface area (Å²) in [6.45, 7) is 0.712. The van der Waals surface area contributed by atoms with Gasteiger partial charge in [0.2, 0.25) is 0 Å². The van der Waals surface area contributed by atoms with Crippen molar-refractivity contribution in [3.63, 3.8) is 0 Å². The van der Waals surface area contributed by atoms with Crippen molar-refractivity contribution in [3.05, 3.63) is 42.7 Å². The molecule has 0 radical (unpaired) electrons. The van der Waals surface area contributed by atoms with E-state index in [1.807, 2.05) is 35.2 Å². The van der Waals surface area contributed by atoms with E-state index in [2.05, 4.69) is 9.97 Å². The van der Waals surface area contributed by atoms with E-state index >= 15 is 0 Å². The molecule has 0 unspecified atom stereocenters. The number of carboxylic acid groups (broad SMARTS) is 1. The third kappa shape index (κ3) is 2.34. The minimum Gasteiger partial charge on any atom is -0.480 e. The van der Waals surface area contributed by atoms with Gasteiger partial charge in [-0.05, 0) is 12.8 Å². The first-order chi connectivity index (χ1) is 9.75. The first kappa shape index (κ1) is 12.6. The van der Waals surface area contributed by atoms with E-state index in [-0.39, 0.29) is 0 Å². The molecule has 1 aliphatic heterocycles. The first-order valence-corrected chi connectivity index (χ1v) is 6.62. The largest absolute Gasteiger partial charge is 0.480 e. The van der Waals surface area contributed by atoms with Crippen LogP contribution in [-0.4, -0.2) is 33.6 Å². The lowest BCUT2D eigenvalue weighted by molar-refractivity contribution is -0.138. The Labute approximate surface area is 116 Å². The number of aromatic nitrogens is 2. The Morgan fingerprint density at radius 1 is 1.25 bits per heavy atom. The molecule has 0 bridgehead atoms. The molecule has 0 aliphatic carbocycles. The SMILES string of the molecule is O=C(O)[C@@H]1CCCN1c1cncc(-c2ccccc2)n1. The zero-order valence-electron chi connectivity index (χ0n) is 10.9. The van der Waals surface area contributed by atoms with Gasteiger partial charge in [0, 0.05) is 12.1 Å². The molecule has 5 nitrogen and oxygen atoms in total. The fourth-order valence-corrected chi connectivity index (χ4v) is 2.54. The molecule has 102 valence electrons. The van der Waals surface area contributed by atoms with Crippen molar-refractivity contribution < 1.29 is 9.90 Å². The number of hydrogen-bond acceptors (Lipinski definition) is 4. The highest BCUT2D eigenvalue weighted by Gasteiger charge is 2.31. The molecule has 1 aromatic carbocycles. The van der Waals surface area contributed by atoms with Crippen molar-refractivity contribution in [2.75, 3.05) is 11.4 Å². The standard InChI is InChI=1S/C15H15N3O2/c19-15(20)13-7-4-8-18(13)14-10-16-9-12(17-14)11-5-2-1-3-6-11/h1-3,5-6,9-10,13H,4,7-8H2,(H,19,20)/t13-/m0/s1. The van der Waals surface area contributed by atoms with E-state index in [0.29, 0.717) is 18.8 Å². The van der Waals surface area contributed by atoms with Gasteiger partial charge in [0.05, 0.1) is 18.1 Å². The molecular formula is C15H15N3O2. The van der Waals surface area contributed by atoms with Gasteiger partial charge < -0.3 is 10.0 Å². The number of anilines is 1. The van der Waals surface area contributed by atoms with Crippen LogP contribution < -0.4 is 4.90 Å². The summed E-state index contributed by atoms with van der Waals surface area (Å²) in [7, 11) is 0. The molecule has 0 saturated carbocycles. The molecular weight excluding hydrogens is 254 g/mol. The summed E-state index contributed by atoms with van der Waals surface area (Å²) in [6.07, 6.45) is 4.86. The lowest BCUT2D eigenvalue weighted by Gasteiger charge is -2.22. The molecule has 5 heteroatoms. The Morgan fingerprint density at radius 2 is 2.05 bits per heavy atom. The average Bonchev–Trinajstić information content (AvgIpc) is 2.98. The van der Waals surface area contributed by atoms with Gasteiger partial charge >= 0.3 is 5.97 Å². The van der Waals surface area contributed by atoms with Gasteiger partial charge in [0.1, 0.15) is 11.9 Å². The van der Waals surface area contributed by atoms with Crippen LogP contribution in [0.25, 0.3) is 11.3 Å². The van der Waals surface area contributed by atoms with Crippen LogP contribution >= 0.6 is 0 Å². The highest BCUT2D eigenvalue weighted by molar-refractivity contribution is 5.78. The average molecular weight is 269 g/mol. The Balaban J connectivity index is 1.94. The molecule has 1 aliphatic rings. The second-order valence-corrected chi connectivity index (χ2v) is 4.82. The normalized spacial score (nSPS) is 18.2. The van der Waals surface area contributed by atoms with Gasteiger partial charge in [-0.25, -0.2) is 9.78 Å². The number of nitrogens with zero attached hydrogens (tertiary/aromatic N) is 3. The third-order valence-corrected chi connectivity index (χ3v) is 3.52. The van der Waals surface area contributed by atoms with Gasteiger partial charge in [-0.1, -0.05) is 30.3 Å². The highest BCUT2D eigenvalue weighted by Crippen LogP contribution is 2.25. The Hall–Kier alpha value is -2.43. The number of rotatable bonds is 3. The van der Waals surface area contributed by atoms with Crippen molar-refractivity contribution in [3.8, 4) is 11.3 Å². The minimum absolute atomic E-state index is 0.490. The van der Waals surface area contributed by atoms with E-state index in [1.54, 1.807) is 12.4 Å². The van der Waals surface area contributed by atoms with Crippen LogP contribution in [0.5, 0.6) is 0 Å². The molecule has 0 amide bonds. The highest BCUT2D eigenvalue weighted by atomic mass is 16.4. The van der Waals surface area contributed by atoms with E-state index < -0.39 is 12.0 Å². The number of aliphatic carboxylic acids is 1. The molecule has 20 heavy (non-hydrogen) atoms. The molecule has 2 heterocycles. The van der Waals surface area contributed by atoms with E-state index in [4.69, 9.17) is 0 Å². The number of carbonyl (C=O) groups is 1. The van der Waals surface area contributed by atoms with Crippen molar-refractivity contribution in [2.45, 2.75) is 18.9 Å². The summed E-state index contributed by atoms with van der Waals surface area (Å²) in [5.74, 6) is -0.161. The molecule has 3 rings (SSSR count). The van der Waals surface area contributed by atoms with Crippen LogP contribution in [0.4, 0.5) is 5.82 Å². The molecule has 2 aromatic rings. The summed E-state index contributed by atoms with van der Waals surface area (Å²) in [4.78, 5) is 21.8. The van der Waals surface area contributed by atoms with Gasteiger partial charge in [-0.2, -0.15) is 0 Å². The zero-order valence-corrected chi connectivity index (χ0v) is 10.9. The van der Waals surface area contributed by atoms with Crippen LogP contribution in [0.3, 0.4) is 0 Å². The topological polar surface area (TPSA) is 66.3 Å². The van der Waals surface area contributed by atoms with Crippen LogP contribution in [0.1, 0.15) is 12.8 Å². The van der Waals surface area contributed by atoms with Gasteiger partial charge in [0.25, 0.3) is 0 Å². The van der Waals surface area contributed by atoms with Gasteiger partial charge in [-0.15, -0.1) is 0 Å². The van der Waals surface area contributed by atoms with Crippen LogP contribution in [0, 0.1) is 0 Å². The third-order valence-electron chi connectivity index (χ3n) is 3.52. The second-order valence-electron chi connectivity index (χ2n) is 4.82. The maximum atomic E-state index is 11.3. The second kappa shape index (κ2) is 5.28. The maximum absolute atomic E-state index is 11.3. The van der Waals surface area contributed by atoms with Crippen LogP contribution in [0.2, 0.25) is 0 Å². The summed E-state index contributed by atoms with van der Waals surface area (Å²) in [5, 5.41) is 9.24. The first-order valence-electron chi connectivity index (χ1n) is 6.62. The minimum atomic E-state index is -0.797. The van der Waals surface area contributed by atoms with Crippen molar-refractivity contribution in [1.82, 2.24) is 9.97 Å². The summed E-state index contributed by atoms with van der Waals surface area (Å²) >= 11 is 0. The van der Waals surface area contributed by atoms with Gasteiger partial charge in [0.15, 0.2) is 0 Å². The zero-order chi connectivity index (χ0) is 13.9. The van der Waals surface area contributed by atoms with E-state index in [0.717, 1.165) is 17.7 Å². The monoisotopic (exact) mass is 269 g/mol. The summed E-state index contributed by atoms with van der Waals surface area (Å²) in [5.41, 5.74) is 1.74. The lowest BCUT2D eigenvalue weighted by atomic mass is 10.2. The predicted molar refractivity (Wildman–Crippen MR) is 75.5 cm³/mol. The van der Waals surface area contributed by atoms with Crippen LogP contribution in [0.15, 0.2) is 42.7 Å². The van der Waals surface area contributed by atoms with E-state index in [1.165, 1.54) is 0 Å². The van der Waals surface area contributed by atoms with Crippen molar-refractivity contribution >= 4 is 11.8 Å². The quantitative estimate of drug-likeness (QED) is 0.925. The molecule has 1 aromatic heterocycles. The summed E-state index contributed by atoms with van der Waals surface area (Å²) in [6, 6.07) is 9.27. The molecule has 1 fully saturated rings.